The maximum atomic E-state index is 12.5. The number of carbonyl (C=O) groups excluding carboxylic acids is 1. The van der Waals surface area contributed by atoms with Gasteiger partial charge in [0.25, 0.3) is 0 Å². The van der Waals surface area contributed by atoms with Gasteiger partial charge in [0.1, 0.15) is 0 Å². The van der Waals surface area contributed by atoms with Crippen molar-refractivity contribution < 1.29 is 4.79 Å². The molecule has 30 heavy (non-hydrogen) atoms. The average molecular weight is 412 g/mol. The summed E-state index contributed by atoms with van der Waals surface area (Å²) >= 11 is 0. The summed E-state index contributed by atoms with van der Waals surface area (Å²) in [6, 6.07) is 10.2. The maximum Gasteiger partial charge on any atom is 0.223 e. The van der Waals surface area contributed by atoms with Gasteiger partial charge in [-0.1, -0.05) is 107 Å². The van der Waals surface area contributed by atoms with E-state index in [1.54, 1.807) is 0 Å². The van der Waals surface area contributed by atoms with Gasteiger partial charge in [-0.25, -0.2) is 0 Å². The lowest BCUT2D eigenvalue weighted by Gasteiger charge is -2.21. The highest BCUT2D eigenvalue weighted by atomic mass is 16.2. The maximum absolute atomic E-state index is 12.5. The molecule has 2 nitrogen and oxygen atoms in total. The zero-order valence-corrected chi connectivity index (χ0v) is 19.5. The lowest BCUT2D eigenvalue weighted by molar-refractivity contribution is -0.131. The Kier molecular flexibility index (Phi) is 16.7. The minimum Gasteiger partial charge on any atom is -0.335 e. The quantitative estimate of drug-likeness (QED) is 0.166. The molecule has 0 heterocycles. The zero-order valence-electron chi connectivity index (χ0n) is 19.5. The third-order valence-corrected chi connectivity index (χ3v) is 5.57. The van der Waals surface area contributed by atoms with Crippen LogP contribution in [0.4, 0.5) is 0 Å². The summed E-state index contributed by atoms with van der Waals surface area (Å²) in [4.78, 5) is 14.5. The predicted octanol–water partition coefficient (Wildman–Crippen LogP) is 8.24. The van der Waals surface area contributed by atoms with Crippen molar-refractivity contribution in [3.05, 3.63) is 60.7 Å². The highest BCUT2D eigenvalue weighted by Gasteiger charge is 2.12. The number of unbranched alkanes of at least 4 members (excludes halogenated alkanes) is 11. The van der Waals surface area contributed by atoms with Gasteiger partial charge in [0.15, 0.2) is 0 Å². The fourth-order valence-electron chi connectivity index (χ4n) is 3.72. The average Bonchev–Trinajstić information content (AvgIpc) is 2.76. The lowest BCUT2D eigenvalue weighted by atomic mass is 10.1. The van der Waals surface area contributed by atoms with Gasteiger partial charge in [0.05, 0.1) is 0 Å². The van der Waals surface area contributed by atoms with Crippen LogP contribution >= 0.6 is 0 Å². The van der Waals surface area contributed by atoms with Gasteiger partial charge < -0.3 is 4.90 Å². The van der Waals surface area contributed by atoms with Crippen molar-refractivity contribution in [2.24, 2.45) is 0 Å². The molecule has 1 aromatic carbocycles. The molecular weight excluding hydrogens is 366 g/mol. The van der Waals surface area contributed by atoms with E-state index in [-0.39, 0.29) is 5.91 Å². The van der Waals surface area contributed by atoms with Gasteiger partial charge in [-0.2, -0.15) is 0 Å². The second-order valence-corrected chi connectivity index (χ2v) is 8.38. The smallest absolute Gasteiger partial charge is 0.223 e. The molecule has 1 amide bonds. The van der Waals surface area contributed by atoms with Crippen LogP contribution in [-0.2, 0) is 11.3 Å². The van der Waals surface area contributed by atoms with Gasteiger partial charge in [-0.3, -0.25) is 4.79 Å². The third-order valence-electron chi connectivity index (χ3n) is 5.57. The second kappa shape index (κ2) is 19.2. The van der Waals surface area contributed by atoms with E-state index < -0.39 is 0 Å². The predicted molar refractivity (Wildman–Crippen MR) is 132 cm³/mol. The Morgan fingerprint density at radius 2 is 1.40 bits per heavy atom. The lowest BCUT2D eigenvalue weighted by Crippen LogP contribution is -2.30. The van der Waals surface area contributed by atoms with E-state index in [9.17, 15) is 4.79 Å². The van der Waals surface area contributed by atoms with E-state index in [0.29, 0.717) is 19.5 Å². The van der Waals surface area contributed by atoms with Gasteiger partial charge in [-0.05, 0) is 37.7 Å². The Labute approximate surface area is 186 Å². The largest absolute Gasteiger partial charge is 0.335 e. The number of carbonyl (C=O) groups is 1. The van der Waals surface area contributed by atoms with Crippen molar-refractivity contribution >= 4 is 5.91 Å². The van der Waals surface area contributed by atoms with E-state index in [1.165, 1.54) is 76.2 Å². The van der Waals surface area contributed by atoms with Crippen molar-refractivity contribution in [3.8, 4) is 0 Å². The first-order valence-corrected chi connectivity index (χ1v) is 12.4. The van der Waals surface area contributed by atoms with Crippen LogP contribution < -0.4 is 0 Å². The molecule has 0 bridgehead atoms. The Bertz CT molecular complexity index is 563. The second-order valence-electron chi connectivity index (χ2n) is 8.38. The molecular formula is C28H45NO. The normalized spacial score (nSPS) is 11.1. The monoisotopic (exact) mass is 411 g/mol. The fraction of sp³-hybridized carbons (Fsp3) is 0.607. The van der Waals surface area contributed by atoms with Crippen LogP contribution in [0.15, 0.2) is 55.1 Å². The summed E-state index contributed by atoms with van der Waals surface area (Å²) in [6.45, 7) is 7.37. The van der Waals surface area contributed by atoms with Gasteiger partial charge in [0.2, 0.25) is 5.91 Å². The molecule has 0 aromatic heterocycles. The summed E-state index contributed by atoms with van der Waals surface area (Å²) in [7, 11) is 0. The molecule has 1 rings (SSSR count). The van der Waals surface area contributed by atoms with E-state index in [4.69, 9.17) is 0 Å². The van der Waals surface area contributed by atoms with Crippen molar-refractivity contribution in [2.45, 2.75) is 103 Å². The van der Waals surface area contributed by atoms with Gasteiger partial charge in [0, 0.05) is 19.5 Å². The van der Waals surface area contributed by atoms with E-state index in [2.05, 4.69) is 37.8 Å². The summed E-state index contributed by atoms with van der Waals surface area (Å²) in [5, 5.41) is 0. The summed E-state index contributed by atoms with van der Waals surface area (Å²) in [6.07, 6.45) is 23.9. The van der Waals surface area contributed by atoms with Crippen LogP contribution in [0, 0.1) is 0 Å². The minimum absolute atomic E-state index is 0.247. The zero-order chi connectivity index (χ0) is 21.7. The van der Waals surface area contributed by atoms with Crippen LogP contribution in [-0.4, -0.2) is 17.4 Å². The molecule has 0 aliphatic carbocycles. The SMILES string of the molecule is C=CCN(Cc1ccccc1)C(=O)CCCCCCCC=CCCCCCCCC. The highest BCUT2D eigenvalue weighted by molar-refractivity contribution is 5.76. The third kappa shape index (κ3) is 14.2. The molecule has 0 saturated heterocycles. The number of rotatable bonds is 19. The fourth-order valence-corrected chi connectivity index (χ4v) is 3.72. The summed E-state index contributed by atoms with van der Waals surface area (Å²) < 4.78 is 0. The Hall–Kier alpha value is -1.83. The molecule has 168 valence electrons. The number of hydrogen-bond donors (Lipinski definition) is 0. The van der Waals surface area contributed by atoms with E-state index >= 15 is 0 Å². The molecule has 0 N–H and O–H groups in total. The van der Waals surface area contributed by atoms with Crippen molar-refractivity contribution in [2.75, 3.05) is 6.54 Å². The minimum atomic E-state index is 0.247. The number of hydrogen-bond acceptors (Lipinski definition) is 1. The molecule has 0 aliphatic rings. The van der Waals surface area contributed by atoms with E-state index in [0.717, 1.165) is 12.8 Å². The van der Waals surface area contributed by atoms with Crippen LogP contribution in [0.1, 0.15) is 102 Å². The number of nitrogens with zero attached hydrogens (tertiary/aromatic N) is 1. The molecule has 1 aromatic rings. The van der Waals surface area contributed by atoms with Crippen LogP contribution in [0.2, 0.25) is 0 Å². The standard InChI is InChI=1S/C28H45NO/c1-3-5-6-7-8-9-10-11-12-13-14-15-16-17-21-24-28(30)29(25-4-2)26-27-22-19-18-20-23-27/h4,11-12,18-20,22-23H,2-3,5-10,13-17,21,24-26H2,1H3. The molecule has 0 atom stereocenters. The van der Waals surface area contributed by atoms with Crippen molar-refractivity contribution in [1.82, 2.24) is 4.90 Å². The first-order chi connectivity index (χ1) is 14.8. The Morgan fingerprint density at radius 3 is 2.00 bits per heavy atom. The van der Waals surface area contributed by atoms with Crippen LogP contribution in [0.5, 0.6) is 0 Å². The first-order valence-electron chi connectivity index (χ1n) is 12.4. The first kappa shape index (κ1) is 26.2. The van der Waals surface area contributed by atoms with Gasteiger partial charge in [-0.15, -0.1) is 6.58 Å². The molecule has 0 unspecified atom stereocenters. The Morgan fingerprint density at radius 1 is 0.833 bits per heavy atom. The number of benzene rings is 1. The highest BCUT2D eigenvalue weighted by Crippen LogP contribution is 2.12. The Balaban J connectivity index is 2.01. The van der Waals surface area contributed by atoms with Gasteiger partial charge >= 0.3 is 0 Å². The number of allylic oxidation sites excluding steroid dienone is 2. The van der Waals surface area contributed by atoms with Crippen LogP contribution in [0.25, 0.3) is 0 Å². The molecule has 0 saturated carbocycles. The molecule has 0 fully saturated rings. The van der Waals surface area contributed by atoms with Crippen molar-refractivity contribution in [3.63, 3.8) is 0 Å². The number of amides is 1. The molecule has 2 heteroatoms. The summed E-state index contributed by atoms with van der Waals surface area (Å²) in [5.74, 6) is 0.247. The molecule has 0 aliphatic heterocycles. The summed E-state index contributed by atoms with van der Waals surface area (Å²) in [5.41, 5.74) is 1.18. The molecule has 0 spiro atoms. The van der Waals surface area contributed by atoms with Crippen molar-refractivity contribution in [1.29, 1.82) is 0 Å². The van der Waals surface area contributed by atoms with Crippen LogP contribution in [0.3, 0.4) is 0 Å². The van der Waals surface area contributed by atoms with E-state index in [1.807, 2.05) is 29.2 Å². The topological polar surface area (TPSA) is 20.3 Å². The molecule has 0 radical (unpaired) electrons.